The highest BCUT2D eigenvalue weighted by molar-refractivity contribution is 5.10. The lowest BCUT2D eigenvalue weighted by molar-refractivity contribution is -0.269. The van der Waals surface area contributed by atoms with Gasteiger partial charge in [-0.05, 0) is 87.4 Å². The first kappa shape index (κ1) is 15.4. The molecule has 4 rings (SSSR count). The van der Waals surface area contributed by atoms with Crippen LogP contribution < -0.4 is 0 Å². The number of rotatable bonds is 1. The van der Waals surface area contributed by atoms with Gasteiger partial charge in [-0.2, -0.15) is 0 Å². The van der Waals surface area contributed by atoms with Gasteiger partial charge in [0.15, 0.2) is 5.79 Å². The Bertz CT molecular complexity index is 439. The molecule has 0 heterocycles. The average Bonchev–Trinajstić information content (AvgIpc) is 2.91. The topological polar surface area (TPSA) is 40.5 Å². The molecule has 0 radical (unpaired) electrons. The van der Waals surface area contributed by atoms with Crippen molar-refractivity contribution in [3.63, 3.8) is 0 Å². The van der Waals surface area contributed by atoms with Gasteiger partial charge in [0.25, 0.3) is 0 Å². The smallest absolute Gasteiger partial charge is 0.165 e. The van der Waals surface area contributed by atoms with Crippen LogP contribution in [0.5, 0.6) is 0 Å². The number of hydrogen-bond donors (Lipinski definition) is 2. The Balaban J connectivity index is 1.67. The normalized spacial score (nSPS) is 51.8. The molecule has 4 fully saturated rings. The zero-order valence-corrected chi connectivity index (χ0v) is 14.5. The highest BCUT2D eigenvalue weighted by atomic mass is 16.5. The molecule has 0 aromatic heterocycles. The maximum Gasteiger partial charge on any atom is 0.165 e. The molecule has 4 aliphatic rings. The van der Waals surface area contributed by atoms with Crippen molar-refractivity contribution in [1.29, 1.82) is 0 Å². The molecule has 0 saturated heterocycles. The van der Waals surface area contributed by atoms with Crippen LogP contribution in [0.15, 0.2) is 0 Å². The van der Waals surface area contributed by atoms with E-state index in [-0.39, 0.29) is 5.41 Å². The molecule has 2 nitrogen and oxygen atoms in total. The van der Waals surface area contributed by atoms with Crippen LogP contribution in [-0.2, 0) is 0 Å². The van der Waals surface area contributed by atoms with Crippen molar-refractivity contribution in [3.05, 3.63) is 0 Å². The maximum absolute atomic E-state index is 10.5. The molecule has 2 heteroatoms. The van der Waals surface area contributed by atoms with Gasteiger partial charge in [0.2, 0.25) is 0 Å². The first-order valence-electron chi connectivity index (χ1n) is 9.83. The largest absolute Gasteiger partial charge is 0.365 e. The molecule has 0 aliphatic heterocycles. The van der Waals surface area contributed by atoms with E-state index in [0.717, 1.165) is 30.6 Å². The van der Waals surface area contributed by atoms with Crippen LogP contribution in [0.1, 0.15) is 84.5 Å². The fourth-order valence-corrected chi connectivity index (χ4v) is 7.77. The summed E-state index contributed by atoms with van der Waals surface area (Å²) in [5, 5.41) is 21.1. The zero-order valence-electron chi connectivity index (χ0n) is 14.5. The SMILES string of the molecule is CC(O)(O)[C@@]12CCC[C@H]1[C@@H]1CCC3CCCC[C@]3(C)[C@H]1CC2. The lowest BCUT2D eigenvalue weighted by atomic mass is 9.44. The molecule has 4 saturated carbocycles. The first-order valence-corrected chi connectivity index (χ1v) is 9.83. The van der Waals surface area contributed by atoms with Crippen molar-refractivity contribution < 1.29 is 10.2 Å². The predicted molar refractivity (Wildman–Crippen MR) is 88.1 cm³/mol. The van der Waals surface area contributed by atoms with Gasteiger partial charge in [0.1, 0.15) is 0 Å². The molecular weight excluding hydrogens is 272 g/mol. The molecule has 126 valence electrons. The summed E-state index contributed by atoms with van der Waals surface area (Å²) in [5.74, 6) is 1.64. The number of hydrogen-bond acceptors (Lipinski definition) is 2. The highest BCUT2D eigenvalue weighted by Crippen LogP contribution is 2.68. The molecule has 0 aromatic carbocycles. The molecule has 2 N–H and O–H groups in total. The van der Waals surface area contributed by atoms with E-state index >= 15 is 0 Å². The Hall–Kier alpha value is -0.0800. The third-order valence-electron chi connectivity index (χ3n) is 8.87. The fraction of sp³-hybridized carbons (Fsp3) is 1.00. The van der Waals surface area contributed by atoms with Crippen molar-refractivity contribution in [2.24, 2.45) is 34.5 Å². The average molecular weight is 306 g/mol. The monoisotopic (exact) mass is 306 g/mol. The first-order chi connectivity index (χ1) is 10.4. The minimum absolute atomic E-state index is 0.202. The van der Waals surface area contributed by atoms with Gasteiger partial charge < -0.3 is 10.2 Å². The van der Waals surface area contributed by atoms with E-state index in [0.29, 0.717) is 11.3 Å². The van der Waals surface area contributed by atoms with E-state index < -0.39 is 5.79 Å². The Morgan fingerprint density at radius 2 is 1.64 bits per heavy atom. The van der Waals surface area contributed by atoms with Gasteiger partial charge in [0, 0.05) is 5.41 Å². The van der Waals surface area contributed by atoms with Crippen molar-refractivity contribution in [2.45, 2.75) is 90.3 Å². The third kappa shape index (κ3) is 1.92. The van der Waals surface area contributed by atoms with Gasteiger partial charge >= 0.3 is 0 Å². The Morgan fingerprint density at radius 1 is 0.818 bits per heavy atom. The van der Waals surface area contributed by atoms with Crippen LogP contribution in [0.2, 0.25) is 0 Å². The van der Waals surface area contributed by atoms with Gasteiger partial charge in [-0.25, -0.2) is 0 Å². The Morgan fingerprint density at radius 3 is 2.41 bits per heavy atom. The molecular formula is C20H34O2. The second kappa shape index (κ2) is 4.96. The van der Waals surface area contributed by atoms with E-state index in [1.807, 2.05) is 0 Å². The molecule has 0 bridgehead atoms. The molecule has 0 spiro atoms. The molecule has 22 heavy (non-hydrogen) atoms. The van der Waals surface area contributed by atoms with Crippen LogP contribution in [0.4, 0.5) is 0 Å². The molecule has 6 atom stereocenters. The van der Waals surface area contributed by atoms with Gasteiger partial charge in [0.05, 0.1) is 0 Å². The van der Waals surface area contributed by atoms with Crippen LogP contribution in [-0.4, -0.2) is 16.0 Å². The molecule has 0 aromatic rings. The van der Waals surface area contributed by atoms with Gasteiger partial charge in [-0.15, -0.1) is 0 Å². The van der Waals surface area contributed by atoms with E-state index in [1.165, 1.54) is 57.8 Å². The van der Waals surface area contributed by atoms with Crippen molar-refractivity contribution in [2.75, 3.05) is 0 Å². The minimum Gasteiger partial charge on any atom is -0.365 e. The van der Waals surface area contributed by atoms with Crippen LogP contribution in [0.3, 0.4) is 0 Å². The van der Waals surface area contributed by atoms with Crippen LogP contribution in [0.25, 0.3) is 0 Å². The summed E-state index contributed by atoms with van der Waals surface area (Å²) < 4.78 is 0. The van der Waals surface area contributed by atoms with Crippen molar-refractivity contribution in [1.82, 2.24) is 0 Å². The zero-order chi connectivity index (χ0) is 15.6. The quantitative estimate of drug-likeness (QED) is 0.701. The van der Waals surface area contributed by atoms with E-state index in [2.05, 4.69) is 6.92 Å². The lowest BCUT2D eigenvalue weighted by Gasteiger charge is -2.61. The standard InChI is InChI=1S/C20H34O2/c1-18-11-4-3-6-14(18)8-9-15-16(18)10-13-20(19(2,21)22)12-5-7-17(15)20/h14-17,21-22H,3-13H2,1-2H3/t14?,15-,16+,17+,18+,20-/m1/s1. The summed E-state index contributed by atoms with van der Waals surface area (Å²) in [4.78, 5) is 0. The van der Waals surface area contributed by atoms with E-state index in [1.54, 1.807) is 6.92 Å². The van der Waals surface area contributed by atoms with Crippen LogP contribution >= 0.6 is 0 Å². The summed E-state index contributed by atoms with van der Waals surface area (Å²) in [5.41, 5.74) is 0.350. The summed E-state index contributed by atoms with van der Waals surface area (Å²) in [6, 6.07) is 0. The van der Waals surface area contributed by atoms with Crippen LogP contribution in [0, 0.1) is 34.5 Å². The maximum atomic E-state index is 10.5. The molecule has 4 aliphatic carbocycles. The minimum atomic E-state index is -1.48. The fourth-order valence-electron chi connectivity index (χ4n) is 7.77. The van der Waals surface area contributed by atoms with Gasteiger partial charge in [-0.3, -0.25) is 0 Å². The summed E-state index contributed by atoms with van der Waals surface area (Å²) in [6.07, 6.45) is 14.2. The Labute approximate surface area is 135 Å². The van der Waals surface area contributed by atoms with Gasteiger partial charge in [-0.1, -0.05) is 26.2 Å². The second-order valence-electron chi connectivity index (χ2n) is 9.51. The van der Waals surface area contributed by atoms with E-state index in [9.17, 15) is 10.2 Å². The summed E-state index contributed by atoms with van der Waals surface area (Å²) in [6.45, 7) is 4.26. The highest BCUT2D eigenvalue weighted by Gasteiger charge is 2.63. The number of fused-ring (bicyclic) bond motifs is 5. The van der Waals surface area contributed by atoms with Crippen molar-refractivity contribution in [3.8, 4) is 0 Å². The molecule has 1 unspecified atom stereocenters. The Kier molecular flexibility index (Phi) is 3.48. The third-order valence-corrected chi connectivity index (χ3v) is 8.87. The van der Waals surface area contributed by atoms with Crippen molar-refractivity contribution >= 4 is 0 Å². The number of aliphatic hydroxyl groups is 2. The summed E-state index contributed by atoms with van der Waals surface area (Å²) in [7, 11) is 0. The second-order valence-corrected chi connectivity index (χ2v) is 9.51. The van der Waals surface area contributed by atoms with E-state index in [4.69, 9.17) is 0 Å². The summed E-state index contributed by atoms with van der Waals surface area (Å²) >= 11 is 0. The molecule has 0 amide bonds. The lowest BCUT2D eigenvalue weighted by Crippen LogP contribution is -2.58. The predicted octanol–water partition coefficient (Wildman–Crippen LogP) is 4.49.